The predicted molar refractivity (Wildman–Crippen MR) is 87.1 cm³/mol. The van der Waals surface area contributed by atoms with Crippen molar-refractivity contribution in [3.63, 3.8) is 0 Å². The van der Waals surface area contributed by atoms with E-state index in [0.29, 0.717) is 32.2 Å². The van der Waals surface area contributed by atoms with Crippen LogP contribution in [0.2, 0.25) is 15.1 Å². The lowest BCUT2D eigenvalue weighted by Gasteiger charge is -2.13. The first-order chi connectivity index (χ1) is 10.0. The Morgan fingerprint density at radius 1 is 1.00 bits per heavy atom. The van der Waals surface area contributed by atoms with Crippen molar-refractivity contribution in [3.8, 4) is 5.75 Å². The average Bonchev–Trinajstić information content (AvgIpc) is 2.43. The van der Waals surface area contributed by atoms with E-state index >= 15 is 0 Å². The molecule has 0 unspecified atom stereocenters. The van der Waals surface area contributed by atoms with Gasteiger partial charge in [-0.1, -0.05) is 40.9 Å². The van der Waals surface area contributed by atoms with Gasteiger partial charge in [-0.05, 0) is 30.3 Å². The minimum Gasteiger partial charge on any atom is -0.493 e. The summed E-state index contributed by atoms with van der Waals surface area (Å²) in [7, 11) is 1.47. The van der Waals surface area contributed by atoms with Crippen molar-refractivity contribution < 1.29 is 9.53 Å². The number of anilines is 2. The standard InChI is InChI=1S/C14H11Cl3N2O2/c1-21-13-10(17)3-2-4-11(13)18-14(20)19-12-7-8(15)5-6-9(12)16/h2-7H,1H3,(H2,18,19,20). The van der Waals surface area contributed by atoms with Crippen LogP contribution in [-0.4, -0.2) is 13.1 Å². The molecule has 0 fully saturated rings. The summed E-state index contributed by atoms with van der Waals surface area (Å²) in [6.45, 7) is 0. The van der Waals surface area contributed by atoms with Crippen LogP contribution >= 0.6 is 34.8 Å². The van der Waals surface area contributed by atoms with E-state index in [-0.39, 0.29) is 0 Å². The summed E-state index contributed by atoms with van der Waals surface area (Å²) in [5.74, 6) is 0.381. The Labute approximate surface area is 137 Å². The van der Waals surface area contributed by atoms with E-state index in [1.807, 2.05) is 0 Å². The Morgan fingerprint density at radius 2 is 1.71 bits per heavy atom. The summed E-state index contributed by atoms with van der Waals surface area (Å²) in [4.78, 5) is 12.0. The Hall–Kier alpha value is -1.62. The second kappa shape index (κ2) is 6.89. The molecular formula is C14H11Cl3N2O2. The minimum atomic E-state index is -0.486. The monoisotopic (exact) mass is 344 g/mol. The van der Waals surface area contributed by atoms with E-state index in [1.165, 1.54) is 7.11 Å². The highest BCUT2D eigenvalue weighted by Gasteiger charge is 2.11. The lowest BCUT2D eigenvalue weighted by atomic mass is 10.3. The van der Waals surface area contributed by atoms with Gasteiger partial charge in [0.05, 0.1) is 28.5 Å². The van der Waals surface area contributed by atoms with Gasteiger partial charge < -0.3 is 15.4 Å². The summed E-state index contributed by atoms with van der Waals surface area (Å²) in [6, 6.07) is 9.33. The first-order valence-electron chi connectivity index (χ1n) is 5.87. The lowest BCUT2D eigenvalue weighted by molar-refractivity contribution is 0.262. The van der Waals surface area contributed by atoms with Crippen molar-refractivity contribution in [2.75, 3.05) is 17.7 Å². The summed E-state index contributed by atoms with van der Waals surface area (Å²) < 4.78 is 5.15. The van der Waals surface area contributed by atoms with Crippen molar-refractivity contribution in [2.24, 2.45) is 0 Å². The third kappa shape index (κ3) is 3.94. The van der Waals surface area contributed by atoms with Crippen LogP contribution in [0.25, 0.3) is 0 Å². The molecule has 7 heteroatoms. The smallest absolute Gasteiger partial charge is 0.323 e. The molecular weight excluding hydrogens is 335 g/mol. The molecule has 0 aliphatic rings. The van der Waals surface area contributed by atoms with Crippen LogP contribution < -0.4 is 15.4 Å². The van der Waals surface area contributed by atoms with Gasteiger partial charge in [0.2, 0.25) is 0 Å². The molecule has 0 aliphatic heterocycles. The molecule has 2 amide bonds. The normalized spacial score (nSPS) is 10.1. The fraction of sp³-hybridized carbons (Fsp3) is 0.0714. The quantitative estimate of drug-likeness (QED) is 0.793. The molecule has 110 valence electrons. The fourth-order valence-corrected chi connectivity index (χ4v) is 2.27. The maximum absolute atomic E-state index is 12.0. The molecule has 0 spiro atoms. The fourth-order valence-electron chi connectivity index (χ4n) is 1.68. The first kappa shape index (κ1) is 15.8. The number of ether oxygens (including phenoxy) is 1. The number of para-hydroxylation sites is 1. The van der Waals surface area contributed by atoms with Gasteiger partial charge in [-0.3, -0.25) is 0 Å². The summed E-state index contributed by atoms with van der Waals surface area (Å²) in [5.41, 5.74) is 0.850. The van der Waals surface area contributed by atoms with Crippen LogP contribution in [0, 0.1) is 0 Å². The number of rotatable bonds is 3. The van der Waals surface area contributed by atoms with Crippen molar-refractivity contribution in [2.45, 2.75) is 0 Å². The highest BCUT2D eigenvalue weighted by Crippen LogP contribution is 2.32. The van der Waals surface area contributed by atoms with Gasteiger partial charge in [0.1, 0.15) is 0 Å². The third-order valence-electron chi connectivity index (χ3n) is 2.60. The summed E-state index contributed by atoms with van der Waals surface area (Å²) in [5, 5.41) is 6.49. The average molecular weight is 346 g/mol. The van der Waals surface area contributed by atoms with Crippen molar-refractivity contribution in [1.82, 2.24) is 0 Å². The predicted octanol–water partition coefficient (Wildman–Crippen LogP) is 5.30. The Morgan fingerprint density at radius 3 is 2.43 bits per heavy atom. The van der Waals surface area contributed by atoms with E-state index < -0.39 is 6.03 Å². The topological polar surface area (TPSA) is 50.4 Å². The lowest BCUT2D eigenvalue weighted by Crippen LogP contribution is -2.20. The van der Waals surface area contributed by atoms with E-state index in [9.17, 15) is 4.79 Å². The molecule has 0 aromatic heterocycles. The molecule has 0 radical (unpaired) electrons. The number of carbonyl (C=O) groups excluding carboxylic acids is 1. The van der Waals surface area contributed by atoms with Crippen LogP contribution in [0.4, 0.5) is 16.2 Å². The van der Waals surface area contributed by atoms with Gasteiger partial charge >= 0.3 is 6.03 Å². The van der Waals surface area contributed by atoms with Gasteiger partial charge in [-0.2, -0.15) is 0 Å². The number of benzene rings is 2. The molecule has 2 aromatic rings. The van der Waals surface area contributed by atoms with Gasteiger partial charge in [-0.15, -0.1) is 0 Å². The number of carbonyl (C=O) groups is 1. The molecule has 0 saturated carbocycles. The van der Waals surface area contributed by atoms with Crippen LogP contribution in [0.1, 0.15) is 0 Å². The second-order valence-electron chi connectivity index (χ2n) is 4.02. The van der Waals surface area contributed by atoms with Crippen LogP contribution in [0.3, 0.4) is 0 Å². The Bertz CT molecular complexity index is 677. The van der Waals surface area contributed by atoms with E-state index in [4.69, 9.17) is 39.5 Å². The maximum atomic E-state index is 12.0. The summed E-state index contributed by atoms with van der Waals surface area (Å²) in [6.07, 6.45) is 0. The van der Waals surface area contributed by atoms with Crippen LogP contribution in [0.5, 0.6) is 5.75 Å². The second-order valence-corrected chi connectivity index (χ2v) is 5.27. The molecule has 2 aromatic carbocycles. The molecule has 2 N–H and O–H groups in total. The summed E-state index contributed by atoms with van der Waals surface area (Å²) >= 11 is 17.8. The highest BCUT2D eigenvalue weighted by molar-refractivity contribution is 6.36. The van der Waals surface area contributed by atoms with Crippen molar-refractivity contribution in [1.29, 1.82) is 0 Å². The maximum Gasteiger partial charge on any atom is 0.323 e. The minimum absolute atomic E-state index is 0.381. The van der Waals surface area contributed by atoms with E-state index in [1.54, 1.807) is 36.4 Å². The molecule has 0 atom stereocenters. The zero-order valence-corrected chi connectivity index (χ0v) is 13.2. The van der Waals surface area contributed by atoms with Gasteiger partial charge in [0, 0.05) is 5.02 Å². The van der Waals surface area contributed by atoms with E-state index in [2.05, 4.69) is 10.6 Å². The highest BCUT2D eigenvalue weighted by atomic mass is 35.5. The van der Waals surface area contributed by atoms with Gasteiger partial charge in [0.15, 0.2) is 5.75 Å². The SMILES string of the molecule is COc1c(Cl)cccc1NC(=O)Nc1cc(Cl)ccc1Cl. The Balaban J connectivity index is 2.16. The number of methoxy groups -OCH3 is 1. The largest absolute Gasteiger partial charge is 0.493 e. The molecule has 21 heavy (non-hydrogen) atoms. The van der Waals surface area contributed by atoms with Crippen LogP contribution in [-0.2, 0) is 0 Å². The Kier molecular flexibility index (Phi) is 5.17. The molecule has 4 nitrogen and oxygen atoms in total. The number of urea groups is 1. The molecule has 0 aliphatic carbocycles. The van der Waals surface area contributed by atoms with Crippen LogP contribution in [0.15, 0.2) is 36.4 Å². The number of amides is 2. The van der Waals surface area contributed by atoms with Crippen molar-refractivity contribution >= 4 is 52.2 Å². The van der Waals surface area contributed by atoms with Gasteiger partial charge in [0.25, 0.3) is 0 Å². The number of hydrogen-bond acceptors (Lipinski definition) is 2. The number of hydrogen-bond donors (Lipinski definition) is 2. The zero-order valence-electron chi connectivity index (χ0n) is 10.9. The first-order valence-corrected chi connectivity index (χ1v) is 7.00. The third-order valence-corrected chi connectivity index (χ3v) is 3.46. The molecule has 0 heterocycles. The van der Waals surface area contributed by atoms with E-state index in [0.717, 1.165) is 0 Å². The number of halogens is 3. The number of nitrogens with one attached hydrogen (secondary N) is 2. The zero-order chi connectivity index (χ0) is 15.4. The molecule has 0 bridgehead atoms. The molecule has 0 saturated heterocycles. The molecule has 2 rings (SSSR count). The van der Waals surface area contributed by atoms with Gasteiger partial charge in [-0.25, -0.2) is 4.79 Å². The van der Waals surface area contributed by atoms with Crippen molar-refractivity contribution in [3.05, 3.63) is 51.5 Å².